The molecule has 1 saturated heterocycles. The molecule has 3 aliphatic rings. The van der Waals surface area contributed by atoms with E-state index in [2.05, 4.69) is 57.5 Å². The number of Topliss-reactive ketones (excluding diaryl/α,β-unsaturated/α-hetero) is 1. The summed E-state index contributed by atoms with van der Waals surface area (Å²) in [5.41, 5.74) is 4.38. The Kier molecular flexibility index (Phi) is 21.8. The Labute approximate surface area is 303 Å². The number of hydrogen-bond acceptors (Lipinski definition) is 6. The lowest BCUT2D eigenvalue weighted by Crippen LogP contribution is -2.60. The number of carbonyl (C=O) groups is 6. The van der Waals surface area contributed by atoms with Crippen LogP contribution in [0.1, 0.15) is 134 Å². The lowest BCUT2D eigenvalue weighted by atomic mass is 9.85. The van der Waals surface area contributed by atoms with Gasteiger partial charge in [-0.15, -0.1) is 0 Å². The molecule has 0 bridgehead atoms. The highest BCUT2D eigenvalue weighted by Gasteiger charge is 2.45. The fourth-order valence-corrected chi connectivity index (χ4v) is 5.07. The minimum atomic E-state index is -1.14. The van der Waals surface area contributed by atoms with Gasteiger partial charge in [-0.2, -0.15) is 0 Å². The number of rotatable bonds is 12. The Morgan fingerprint density at radius 2 is 1.40 bits per heavy atom. The number of carbonyl (C=O) groups excluding carboxylic acids is 6. The summed E-state index contributed by atoms with van der Waals surface area (Å²) >= 11 is 0. The van der Waals surface area contributed by atoms with Crippen molar-refractivity contribution in [1.82, 2.24) is 25.8 Å². The van der Waals surface area contributed by atoms with Crippen molar-refractivity contribution < 1.29 is 28.8 Å². The first-order valence-electron chi connectivity index (χ1n) is 18.9. The summed E-state index contributed by atoms with van der Waals surface area (Å²) in [7, 11) is 1.70. The molecule has 0 aromatic carbocycles. The van der Waals surface area contributed by atoms with Crippen LogP contribution < -0.4 is 21.7 Å². The van der Waals surface area contributed by atoms with Gasteiger partial charge in [0.2, 0.25) is 23.5 Å². The van der Waals surface area contributed by atoms with Gasteiger partial charge in [0.05, 0.1) is 12.6 Å². The molecule has 2 unspecified atom stereocenters. The molecule has 3 fully saturated rings. The van der Waals surface area contributed by atoms with Crippen LogP contribution in [0.25, 0.3) is 0 Å². The fourth-order valence-electron chi connectivity index (χ4n) is 5.07. The van der Waals surface area contributed by atoms with Crippen molar-refractivity contribution in [3.63, 3.8) is 0 Å². The summed E-state index contributed by atoms with van der Waals surface area (Å²) < 4.78 is 0. The van der Waals surface area contributed by atoms with Crippen LogP contribution in [-0.2, 0) is 24.0 Å². The van der Waals surface area contributed by atoms with E-state index in [0.29, 0.717) is 25.4 Å². The van der Waals surface area contributed by atoms with Gasteiger partial charge in [0.1, 0.15) is 12.1 Å². The van der Waals surface area contributed by atoms with Crippen molar-refractivity contribution in [3.8, 4) is 0 Å². The fraction of sp³-hybridized carbons (Fsp3) is 0.842. The summed E-state index contributed by atoms with van der Waals surface area (Å²) in [4.78, 5) is 78.1. The molecule has 2 aliphatic carbocycles. The standard InChI is InChI=1S/C25H42N6O6.C5H10.2C4H10/c1-7-16(19(33)21(26)34)28-22(35)18-14(2)10-11-31(18)23(36)20(25(3,4)5)29-24(37)27-12-17(32)30(6)13-15-8-9-15;1-5-3-2-4-5;1-4(2)3;1-3-4-2/h14-16,18,20H,7-13H2,1-6H3,(H2,26,34)(H,28,35)(H2,27,29,37);5H,2-4H2,1H3;4H,1-3H3;3-4H2,1-2H3/t14-,16?,18-,20?;;;/m0.../s1. The largest absolute Gasteiger partial charge is 0.363 e. The van der Waals surface area contributed by atoms with Gasteiger partial charge in [0.25, 0.3) is 5.91 Å². The third-order valence-electron chi connectivity index (χ3n) is 8.87. The molecule has 0 radical (unpaired) electrons. The Morgan fingerprint density at radius 1 is 0.880 bits per heavy atom. The number of amides is 6. The summed E-state index contributed by atoms with van der Waals surface area (Å²) in [6.45, 7) is 22.8. The molecule has 0 aromatic rings. The van der Waals surface area contributed by atoms with Crippen LogP contribution in [-0.4, -0.2) is 90.1 Å². The van der Waals surface area contributed by atoms with Gasteiger partial charge in [-0.05, 0) is 54.8 Å². The number of unbranched alkanes of at least 4 members (excludes halogenated alkanes) is 1. The van der Waals surface area contributed by atoms with Crippen molar-refractivity contribution in [2.75, 3.05) is 26.7 Å². The van der Waals surface area contributed by atoms with E-state index in [0.717, 1.165) is 24.7 Å². The third kappa shape index (κ3) is 18.2. The Bertz CT molecular complexity index is 1080. The van der Waals surface area contributed by atoms with E-state index >= 15 is 0 Å². The topological polar surface area (TPSA) is 171 Å². The molecule has 290 valence electrons. The zero-order valence-corrected chi connectivity index (χ0v) is 33.4. The molecular formula is C38H72N6O6. The van der Waals surface area contributed by atoms with E-state index < -0.39 is 53.1 Å². The average molecular weight is 709 g/mol. The molecule has 50 heavy (non-hydrogen) atoms. The molecule has 2 saturated carbocycles. The molecule has 3 rings (SSSR count). The number of likely N-dealkylation sites (N-methyl/N-ethyl adjacent to an activating group) is 1. The third-order valence-corrected chi connectivity index (χ3v) is 8.87. The maximum Gasteiger partial charge on any atom is 0.315 e. The Morgan fingerprint density at radius 3 is 1.78 bits per heavy atom. The van der Waals surface area contributed by atoms with Gasteiger partial charge in [-0.3, -0.25) is 24.0 Å². The lowest BCUT2D eigenvalue weighted by molar-refractivity contribution is -0.144. The van der Waals surface area contributed by atoms with Gasteiger partial charge in [0.15, 0.2) is 0 Å². The second kappa shape index (κ2) is 23.3. The van der Waals surface area contributed by atoms with Crippen LogP contribution >= 0.6 is 0 Å². The monoisotopic (exact) mass is 709 g/mol. The normalized spacial score (nSPS) is 19.4. The first-order chi connectivity index (χ1) is 23.2. The minimum Gasteiger partial charge on any atom is -0.363 e. The first kappa shape index (κ1) is 46.8. The molecule has 1 heterocycles. The van der Waals surface area contributed by atoms with Crippen molar-refractivity contribution in [2.45, 2.75) is 152 Å². The molecule has 0 aromatic heterocycles. The van der Waals surface area contributed by atoms with Gasteiger partial charge in [-0.1, -0.05) is 108 Å². The number of nitrogens with zero attached hydrogens (tertiary/aromatic N) is 2. The number of nitrogens with two attached hydrogens (primary N) is 1. The van der Waals surface area contributed by atoms with Crippen LogP contribution in [0, 0.1) is 29.1 Å². The second-order valence-electron chi connectivity index (χ2n) is 16.1. The van der Waals surface area contributed by atoms with Crippen LogP contribution in [0.15, 0.2) is 0 Å². The number of likely N-dealkylation sites (tertiary alicyclic amines) is 1. The Balaban J connectivity index is 0.00000155. The summed E-state index contributed by atoms with van der Waals surface area (Å²) in [6.07, 6.45) is 10.0. The smallest absolute Gasteiger partial charge is 0.315 e. The summed E-state index contributed by atoms with van der Waals surface area (Å²) in [6, 6.07) is -3.60. The van der Waals surface area contributed by atoms with Crippen molar-refractivity contribution in [1.29, 1.82) is 0 Å². The van der Waals surface area contributed by atoms with Crippen molar-refractivity contribution in [2.24, 2.45) is 34.8 Å². The van der Waals surface area contributed by atoms with Gasteiger partial charge in [-0.25, -0.2) is 4.79 Å². The van der Waals surface area contributed by atoms with Crippen molar-refractivity contribution in [3.05, 3.63) is 0 Å². The highest BCUT2D eigenvalue weighted by molar-refractivity contribution is 6.37. The lowest BCUT2D eigenvalue weighted by Gasteiger charge is -2.36. The highest BCUT2D eigenvalue weighted by Crippen LogP contribution is 2.30. The zero-order chi connectivity index (χ0) is 38.8. The number of primary amides is 1. The zero-order valence-electron chi connectivity index (χ0n) is 33.4. The van der Waals surface area contributed by atoms with Crippen molar-refractivity contribution >= 4 is 35.4 Å². The number of ketones is 1. The van der Waals surface area contributed by atoms with E-state index in [1.165, 1.54) is 37.0 Å². The summed E-state index contributed by atoms with van der Waals surface area (Å²) in [5, 5.41) is 7.77. The number of nitrogens with one attached hydrogen (secondary N) is 3. The molecule has 4 atom stereocenters. The van der Waals surface area contributed by atoms with E-state index in [1.54, 1.807) is 39.6 Å². The van der Waals surface area contributed by atoms with Crippen LogP contribution in [0.4, 0.5) is 4.79 Å². The maximum absolute atomic E-state index is 13.6. The van der Waals surface area contributed by atoms with Crippen LogP contribution in [0.5, 0.6) is 0 Å². The number of urea groups is 1. The van der Waals surface area contributed by atoms with E-state index in [1.807, 2.05) is 6.92 Å². The van der Waals surface area contributed by atoms with Crippen LogP contribution in [0.2, 0.25) is 0 Å². The van der Waals surface area contributed by atoms with Crippen LogP contribution in [0.3, 0.4) is 0 Å². The molecule has 5 N–H and O–H groups in total. The van der Waals surface area contributed by atoms with E-state index in [4.69, 9.17) is 5.73 Å². The molecular weight excluding hydrogens is 636 g/mol. The maximum atomic E-state index is 13.6. The average Bonchev–Trinajstić information content (AvgIpc) is 3.76. The molecule has 12 heteroatoms. The SMILES string of the molecule is CC(C)C.CC1CCC1.CCC(NC(=O)[C@@H]1[C@@H](C)CCN1C(=O)C(NC(=O)NCC(=O)N(C)CC1CC1)C(C)(C)C)C(=O)C(N)=O.CCCC. The predicted molar refractivity (Wildman–Crippen MR) is 200 cm³/mol. The highest BCUT2D eigenvalue weighted by atomic mass is 16.2. The molecule has 12 nitrogen and oxygen atoms in total. The summed E-state index contributed by atoms with van der Waals surface area (Å²) in [5.74, 6) is -1.04. The molecule has 1 aliphatic heterocycles. The van der Waals surface area contributed by atoms with Gasteiger partial charge in [0, 0.05) is 20.1 Å². The predicted octanol–water partition coefficient (Wildman–Crippen LogP) is 5.03. The van der Waals surface area contributed by atoms with Gasteiger partial charge < -0.3 is 31.5 Å². The minimum absolute atomic E-state index is 0.170. The number of hydrogen-bond donors (Lipinski definition) is 4. The van der Waals surface area contributed by atoms with E-state index in [9.17, 15) is 28.8 Å². The molecule has 6 amide bonds. The molecule has 0 spiro atoms. The quantitative estimate of drug-likeness (QED) is 0.207. The second-order valence-corrected chi connectivity index (χ2v) is 16.1. The first-order valence-corrected chi connectivity index (χ1v) is 18.9. The van der Waals surface area contributed by atoms with E-state index in [-0.39, 0.29) is 24.8 Å². The Hall–Kier alpha value is -3.18. The van der Waals surface area contributed by atoms with Gasteiger partial charge >= 0.3 is 6.03 Å².